The number of non-ortho nitro benzene ring substituents is 1. The van der Waals surface area contributed by atoms with Crippen LogP contribution in [0.1, 0.15) is 25.3 Å². The van der Waals surface area contributed by atoms with E-state index in [-0.39, 0.29) is 35.8 Å². The Bertz CT molecular complexity index is 791. The van der Waals surface area contributed by atoms with E-state index in [1.165, 1.54) is 12.1 Å². The van der Waals surface area contributed by atoms with Gasteiger partial charge >= 0.3 is 0 Å². The number of halogens is 1. The molecule has 1 N–H and O–H groups in total. The van der Waals surface area contributed by atoms with Gasteiger partial charge in [0, 0.05) is 44.6 Å². The number of guanidine groups is 1. The summed E-state index contributed by atoms with van der Waals surface area (Å²) < 4.78 is 6.06. The Morgan fingerprint density at radius 2 is 1.83 bits per heavy atom. The summed E-state index contributed by atoms with van der Waals surface area (Å²) in [5, 5.41) is 14.1. The summed E-state index contributed by atoms with van der Waals surface area (Å²) >= 11 is 0. The van der Waals surface area contributed by atoms with Gasteiger partial charge in [0.2, 0.25) is 0 Å². The molecule has 0 spiro atoms. The number of para-hydroxylation sites is 1. The average molecular weight is 510 g/mol. The van der Waals surface area contributed by atoms with Crippen LogP contribution in [0, 0.1) is 10.1 Å². The molecule has 0 aromatic heterocycles. The Kier molecular flexibility index (Phi) is 9.17. The molecule has 1 fully saturated rings. The predicted octanol–water partition coefficient (Wildman–Crippen LogP) is 4.22. The van der Waals surface area contributed by atoms with Crippen molar-refractivity contribution in [1.82, 2.24) is 10.2 Å². The van der Waals surface area contributed by atoms with E-state index in [4.69, 9.17) is 9.73 Å². The molecule has 0 unspecified atom stereocenters. The number of nitrogens with one attached hydrogen (secondary N) is 1. The van der Waals surface area contributed by atoms with Gasteiger partial charge in [0.25, 0.3) is 5.69 Å². The van der Waals surface area contributed by atoms with Crippen LogP contribution in [0.25, 0.3) is 0 Å². The van der Waals surface area contributed by atoms with Gasteiger partial charge in [0.15, 0.2) is 5.96 Å². The number of likely N-dealkylation sites (tertiary alicyclic amines) is 1. The number of rotatable bonds is 6. The van der Waals surface area contributed by atoms with Gasteiger partial charge in [-0.2, -0.15) is 0 Å². The highest BCUT2D eigenvalue weighted by Gasteiger charge is 2.22. The fraction of sp³-hybridized carbons (Fsp3) is 0.381. The Morgan fingerprint density at radius 3 is 2.41 bits per heavy atom. The van der Waals surface area contributed by atoms with Crippen LogP contribution in [0.3, 0.4) is 0 Å². The van der Waals surface area contributed by atoms with Crippen LogP contribution in [0.15, 0.2) is 59.6 Å². The number of aliphatic imine (C=N–C) groups is 1. The number of benzene rings is 2. The number of nitro groups is 1. The molecule has 0 radical (unpaired) electrons. The van der Waals surface area contributed by atoms with Crippen molar-refractivity contribution in [3.8, 4) is 5.75 Å². The summed E-state index contributed by atoms with van der Waals surface area (Å²) in [6, 6.07) is 16.5. The second kappa shape index (κ2) is 11.6. The van der Waals surface area contributed by atoms with E-state index in [1.54, 1.807) is 12.1 Å². The lowest BCUT2D eigenvalue weighted by molar-refractivity contribution is -0.384. The van der Waals surface area contributed by atoms with Crippen molar-refractivity contribution >= 4 is 35.6 Å². The Balaban J connectivity index is 0.00000300. The third-order valence-corrected chi connectivity index (χ3v) is 4.68. The Morgan fingerprint density at radius 1 is 1.17 bits per heavy atom. The first-order chi connectivity index (χ1) is 13.7. The van der Waals surface area contributed by atoms with Crippen LogP contribution in [0.2, 0.25) is 0 Å². The maximum Gasteiger partial charge on any atom is 0.269 e. The highest BCUT2D eigenvalue weighted by Crippen LogP contribution is 2.19. The Hall–Kier alpha value is -2.36. The van der Waals surface area contributed by atoms with Crippen LogP contribution in [-0.4, -0.2) is 41.5 Å². The number of hydrogen-bond donors (Lipinski definition) is 1. The number of ether oxygens (including phenoxy) is 1. The van der Waals surface area contributed by atoms with E-state index in [9.17, 15) is 10.1 Å². The van der Waals surface area contributed by atoms with Gasteiger partial charge in [-0.3, -0.25) is 10.1 Å². The highest BCUT2D eigenvalue weighted by atomic mass is 127. The van der Waals surface area contributed by atoms with Crippen LogP contribution < -0.4 is 10.1 Å². The molecule has 0 bridgehead atoms. The maximum atomic E-state index is 10.8. The molecule has 2 aromatic carbocycles. The maximum absolute atomic E-state index is 10.8. The molecule has 0 atom stereocenters. The zero-order valence-corrected chi connectivity index (χ0v) is 18.8. The molecular weight excluding hydrogens is 483 g/mol. The first-order valence-electron chi connectivity index (χ1n) is 9.64. The fourth-order valence-corrected chi connectivity index (χ4v) is 3.19. The lowest BCUT2D eigenvalue weighted by atomic mass is 10.1. The van der Waals surface area contributed by atoms with E-state index in [1.807, 2.05) is 37.3 Å². The molecule has 2 aromatic rings. The molecule has 0 saturated carbocycles. The largest absolute Gasteiger partial charge is 0.490 e. The zero-order valence-electron chi connectivity index (χ0n) is 16.5. The third-order valence-electron chi connectivity index (χ3n) is 4.68. The summed E-state index contributed by atoms with van der Waals surface area (Å²) in [7, 11) is 0. The zero-order chi connectivity index (χ0) is 19.8. The molecule has 0 amide bonds. The van der Waals surface area contributed by atoms with E-state index in [0.717, 1.165) is 49.7 Å². The lowest BCUT2D eigenvalue weighted by Gasteiger charge is -2.34. The standard InChI is InChI=1S/C21H26N4O3.HI/c1-2-22-21(23-16-17-8-10-18(11-9-17)25(26)27)24-14-12-20(13-15-24)28-19-6-4-3-5-7-19;/h3-11,20H,2,12-16H2,1H3,(H,22,23);1H. The van der Waals surface area contributed by atoms with Crippen LogP contribution in [0.5, 0.6) is 5.75 Å². The van der Waals surface area contributed by atoms with E-state index in [0.29, 0.717) is 6.54 Å². The molecule has 1 heterocycles. The topological polar surface area (TPSA) is 80.0 Å². The van der Waals surface area contributed by atoms with Crippen LogP contribution in [0.4, 0.5) is 5.69 Å². The molecule has 156 valence electrons. The van der Waals surface area contributed by atoms with Crippen molar-refractivity contribution < 1.29 is 9.66 Å². The number of nitro benzene ring substituents is 1. The monoisotopic (exact) mass is 510 g/mol. The van der Waals surface area contributed by atoms with Crippen molar-refractivity contribution in [2.45, 2.75) is 32.4 Å². The van der Waals surface area contributed by atoms with E-state index < -0.39 is 4.92 Å². The number of hydrogen-bond acceptors (Lipinski definition) is 4. The van der Waals surface area contributed by atoms with Crippen molar-refractivity contribution in [2.24, 2.45) is 4.99 Å². The predicted molar refractivity (Wildman–Crippen MR) is 125 cm³/mol. The highest BCUT2D eigenvalue weighted by molar-refractivity contribution is 14.0. The normalized spacial score (nSPS) is 14.8. The second-order valence-electron chi connectivity index (χ2n) is 6.71. The van der Waals surface area contributed by atoms with E-state index >= 15 is 0 Å². The summed E-state index contributed by atoms with van der Waals surface area (Å²) in [6.07, 6.45) is 2.10. The van der Waals surface area contributed by atoms with Gasteiger partial charge in [-0.15, -0.1) is 24.0 Å². The number of piperidine rings is 1. The molecule has 1 saturated heterocycles. The molecule has 8 heteroatoms. The van der Waals surface area contributed by atoms with Crippen molar-refractivity contribution in [3.63, 3.8) is 0 Å². The molecule has 1 aliphatic heterocycles. The lowest BCUT2D eigenvalue weighted by Crippen LogP contribution is -2.47. The third kappa shape index (κ3) is 6.88. The van der Waals surface area contributed by atoms with Gasteiger partial charge in [0.1, 0.15) is 11.9 Å². The van der Waals surface area contributed by atoms with Gasteiger partial charge in [-0.05, 0) is 24.6 Å². The van der Waals surface area contributed by atoms with Crippen molar-refractivity contribution in [1.29, 1.82) is 0 Å². The van der Waals surface area contributed by atoms with E-state index in [2.05, 4.69) is 10.2 Å². The summed E-state index contributed by atoms with van der Waals surface area (Å²) in [5.74, 6) is 1.79. The van der Waals surface area contributed by atoms with Gasteiger partial charge in [-0.1, -0.05) is 30.3 Å². The fourth-order valence-electron chi connectivity index (χ4n) is 3.19. The van der Waals surface area contributed by atoms with Crippen LogP contribution in [-0.2, 0) is 6.54 Å². The number of nitrogens with zero attached hydrogens (tertiary/aromatic N) is 3. The van der Waals surface area contributed by atoms with Crippen LogP contribution >= 0.6 is 24.0 Å². The quantitative estimate of drug-likeness (QED) is 0.207. The average Bonchev–Trinajstić information content (AvgIpc) is 2.73. The smallest absolute Gasteiger partial charge is 0.269 e. The first kappa shape index (κ1) is 22.9. The molecular formula is C21H27IN4O3. The van der Waals surface area contributed by atoms with Gasteiger partial charge in [-0.25, -0.2) is 4.99 Å². The minimum Gasteiger partial charge on any atom is -0.490 e. The van der Waals surface area contributed by atoms with Gasteiger partial charge < -0.3 is 15.0 Å². The van der Waals surface area contributed by atoms with Crippen molar-refractivity contribution in [2.75, 3.05) is 19.6 Å². The molecule has 1 aliphatic rings. The summed E-state index contributed by atoms with van der Waals surface area (Å²) in [6.45, 7) is 5.08. The SMILES string of the molecule is CCNC(=NCc1ccc([N+](=O)[O-])cc1)N1CCC(Oc2ccccc2)CC1.I. The van der Waals surface area contributed by atoms with Gasteiger partial charge in [0.05, 0.1) is 11.5 Å². The molecule has 3 rings (SSSR count). The summed E-state index contributed by atoms with van der Waals surface area (Å²) in [4.78, 5) is 17.3. The second-order valence-corrected chi connectivity index (χ2v) is 6.71. The first-order valence-corrected chi connectivity index (χ1v) is 9.64. The van der Waals surface area contributed by atoms with Crippen molar-refractivity contribution in [3.05, 3.63) is 70.3 Å². The minimum atomic E-state index is -0.390. The minimum absolute atomic E-state index is 0. The molecule has 0 aliphatic carbocycles. The molecule has 7 nitrogen and oxygen atoms in total. The Labute approximate surface area is 188 Å². The summed E-state index contributed by atoms with van der Waals surface area (Å²) in [5.41, 5.74) is 1.04. The molecule has 29 heavy (non-hydrogen) atoms.